The van der Waals surface area contributed by atoms with E-state index in [1.54, 1.807) is 13.0 Å². The van der Waals surface area contributed by atoms with Crippen LogP contribution in [0.5, 0.6) is 0 Å². The van der Waals surface area contributed by atoms with Crippen molar-refractivity contribution in [1.82, 2.24) is 4.31 Å². The molecule has 0 radical (unpaired) electrons. The maximum absolute atomic E-state index is 12.6. The number of ether oxygens (including phenoxy) is 1. The van der Waals surface area contributed by atoms with Gasteiger partial charge in [-0.1, -0.05) is 0 Å². The van der Waals surface area contributed by atoms with Crippen molar-refractivity contribution in [3.63, 3.8) is 0 Å². The molecule has 0 aromatic heterocycles. The highest BCUT2D eigenvalue weighted by Gasteiger charge is 2.31. The molecule has 0 bridgehead atoms. The van der Waals surface area contributed by atoms with Gasteiger partial charge < -0.3 is 10.5 Å². The highest BCUT2D eigenvalue weighted by Crippen LogP contribution is 2.22. The predicted molar refractivity (Wildman–Crippen MR) is 80.7 cm³/mol. The van der Waals surface area contributed by atoms with Crippen molar-refractivity contribution in [2.24, 2.45) is 5.73 Å². The lowest BCUT2D eigenvalue weighted by molar-refractivity contribution is 0.00449. The summed E-state index contributed by atoms with van der Waals surface area (Å²) in [4.78, 5) is 0.231. The summed E-state index contributed by atoms with van der Waals surface area (Å²) < 4.78 is 32.0. The lowest BCUT2D eigenvalue weighted by atomic mass is 10.2. The topological polar surface area (TPSA) is 96.4 Å². The highest BCUT2D eigenvalue weighted by atomic mass is 35.5. The molecule has 2 rings (SSSR count). The number of nitrogens with two attached hydrogens (primary N) is 1. The van der Waals surface area contributed by atoms with Crippen LogP contribution in [0.15, 0.2) is 23.1 Å². The first-order valence-corrected chi connectivity index (χ1v) is 7.75. The third-order valence-corrected chi connectivity index (χ3v) is 5.31. The summed E-state index contributed by atoms with van der Waals surface area (Å²) in [5.74, 6) is 0. The molecule has 1 aliphatic heterocycles. The molecule has 0 aliphatic carbocycles. The molecule has 116 valence electrons. The molecule has 1 fully saturated rings. The van der Waals surface area contributed by atoms with Gasteiger partial charge in [0.2, 0.25) is 10.0 Å². The van der Waals surface area contributed by atoms with E-state index < -0.39 is 10.0 Å². The van der Waals surface area contributed by atoms with Gasteiger partial charge in [-0.3, -0.25) is 0 Å². The quantitative estimate of drug-likeness (QED) is 0.876. The van der Waals surface area contributed by atoms with Crippen LogP contribution < -0.4 is 5.73 Å². The molecule has 0 spiro atoms. The normalized spacial score (nSPS) is 19.6. The molecule has 0 amide bonds. The van der Waals surface area contributed by atoms with Crippen molar-refractivity contribution in [2.45, 2.75) is 17.9 Å². The number of aryl methyl sites for hydroxylation is 1. The van der Waals surface area contributed by atoms with Gasteiger partial charge in [0.25, 0.3) is 0 Å². The van der Waals surface area contributed by atoms with Crippen molar-refractivity contribution >= 4 is 22.4 Å². The van der Waals surface area contributed by atoms with E-state index >= 15 is 0 Å². The number of sulfonamides is 1. The number of hydrogen-bond acceptors (Lipinski definition) is 5. The Morgan fingerprint density at radius 1 is 1.52 bits per heavy atom. The first-order chi connectivity index (χ1) is 9.48. The van der Waals surface area contributed by atoms with Crippen LogP contribution in [0.1, 0.15) is 11.1 Å². The summed E-state index contributed by atoms with van der Waals surface area (Å²) in [5, 5.41) is 8.83. The molecule has 1 aromatic rings. The third kappa shape index (κ3) is 3.73. The number of hydrogen-bond donors (Lipinski definition) is 1. The molecular formula is C13H18ClN3O3S. The fourth-order valence-corrected chi connectivity index (χ4v) is 3.86. The Kier molecular flexibility index (Phi) is 6.13. The minimum Gasteiger partial charge on any atom is -0.374 e. The Morgan fingerprint density at radius 2 is 2.24 bits per heavy atom. The number of halogens is 1. The van der Waals surface area contributed by atoms with Gasteiger partial charge in [0.05, 0.1) is 29.2 Å². The van der Waals surface area contributed by atoms with E-state index in [1.807, 2.05) is 6.07 Å². The second kappa shape index (κ2) is 7.20. The van der Waals surface area contributed by atoms with Gasteiger partial charge in [0.1, 0.15) is 0 Å². The average Bonchev–Trinajstić information content (AvgIpc) is 2.46. The average molecular weight is 332 g/mol. The van der Waals surface area contributed by atoms with Crippen LogP contribution in [0, 0.1) is 18.3 Å². The molecule has 1 aliphatic rings. The number of morpholine rings is 1. The summed E-state index contributed by atoms with van der Waals surface area (Å²) in [6, 6.07) is 6.57. The zero-order valence-electron chi connectivity index (χ0n) is 11.7. The number of rotatable bonds is 3. The minimum absolute atomic E-state index is 0. The molecule has 1 aromatic carbocycles. The van der Waals surface area contributed by atoms with Crippen molar-refractivity contribution in [2.75, 3.05) is 26.2 Å². The van der Waals surface area contributed by atoms with Crippen molar-refractivity contribution in [1.29, 1.82) is 5.26 Å². The van der Waals surface area contributed by atoms with E-state index in [0.29, 0.717) is 30.8 Å². The van der Waals surface area contributed by atoms with Crippen molar-refractivity contribution < 1.29 is 13.2 Å². The molecule has 6 nitrogen and oxygen atoms in total. The molecule has 1 unspecified atom stereocenters. The van der Waals surface area contributed by atoms with Crippen LogP contribution in [0.3, 0.4) is 0 Å². The van der Waals surface area contributed by atoms with Crippen LogP contribution in [-0.2, 0) is 14.8 Å². The third-order valence-electron chi connectivity index (χ3n) is 3.29. The fraction of sp³-hybridized carbons (Fsp3) is 0.462. The van der Waals surface area contributed by atoms with E-state index in [2.05, 4.69) is 0 Å². The zero-order chi connectivity index (χ0) is 14.8. The second-order valence-electron chi connectivity index (χ2n) is 4.68. The van der Waals surface area contributed by atoms with Gasteiger partial charge in [-0.2, -0.15) is 9.57 Å². The van der Waals surface area contributed by atoms with E-state index in [0.717, 1.165) is 0 Å². The van der Waals surface area contributed by atoms with Gasteiger partial charge >= 0.3 is 0 Å². The molecule has 2 N–H and O–H groups in total. The Labute approximate surface area is 130 Å². The summed E-state index contributed by atoms with van der Waals surface area (Å²) in [6.45, 7) is 2.90. The summed E-state index contributed by atoms with van der Waals surface area (Å²) in [6.07, 6.45) is -0.266. The second-order valence-corrected chi connectivity index (χ2v) is 6.59. The zero-order valence-corrected chi connectivity index (χ0v) is 13.3. The number of nitrogens with zero attached hydrogens (tertiary/aromatic N) is 2. The van der Waals surface area contributed by atoms with Gasteiger partial charge in [-0.25, -0.2) is 8.42 Å². The smallest absolute Gasteiger partial charge is 0.243 e. The van der Waals surface area contributed by atoms with Crippen molar-refractivity contribution in [3.05, 3.63) is 29.3 Å². The Balaban J connectivity index is 0.00000220. The maximum Gasteiger partial charge on any atom is 0.243 e. The van der Waals surface area contributed by atoms with E-state index in [4.69, 9.17) is 15.7 Å². The summed E-state index contributed by atoms with van der Waals surface area (Å²) in [7, 11) is -3.57. The molecular weight excluding hydrogens is 314 g/mol. The summed E-state index contributed by atoms with van der Waals surface area (Å²) in [5.41, 5.74) is 6.55. The summed E-state index contributed by atoms with van der Waals surface area (Å²) >= 11 is 0. The predicted octanol–water partition coefficient (Wildman–Crippen LogP) is 0.637. The lowest BCUT2D eigenvalue weighted by Crippen LogP contribution is -2.48. The monoisotopic (exact) mass is 331 g/mol. The van der Waals surface area contributed by atoms with Gasteiger partial charge in [-0.05, 0) is 30.7 Å². The molecule has 1 heterocycles. The maximum atomic E-state index is 12.6. The minimum atomic E-state index is -3.57. The van der Waals surface area contributed by atoms with Gasteiger partial charge in [0.15, 0.2) is 0 Å². The van der Waals surface area contributed by atoms with E-state index in [-0.39, 0.29) is 30.0 Å². The van der Waals surface area contributed by atoms with Gasteiger partial charge in [-0.15, -0.1) is 12.4 Å². The fourth-order valence-electron chi connectivity index (χ4n) is 2.20. The number of benzene rings is 1. The molecule has 1 saturated heterocycles. The molecule has 21 heavy (non-hydrogen) atoms. The largest absolute Gasteiger partial charge is 0.374 e. The van der Waals surface area contributed by atoms with Crippen LogP contribution in [0.2, 0.25) is 0 Å². The van der Waals surface area contributed by atoms with Crippen molar-refractivity contribution in [3.8, 4) is 6.07 Å². The highest BCUT2D eigenvalue weighted by molar-refractivity contribution is 7.89. The lowest BCUT2D eigenvalue weighted by Gasteiger charge is -2.31. The van der Waals surface area contributed by atoms with Crippen LogP contribution in [0.25, 0.3) is 0 Å². The van der Waals surface area contributed by atoms with E-state index in [1.165, 1.54) is 16.4 Å². The Morgan fingerprint density at radius 3 is 2.81 bits per heavy atom. The number of nitriles is 1. The molecule has 0 saturated carbocycles. The van der Waals surface area contributed by atoms with Crippen LogP contribution >= 0.6 is 12.4 Å². The van der Waals surface area contributed by atoms with Crippen LogP contribution in [-0.4, -0.2) is 45.1 Å². The van der Waals surface area contributed by atoms with Crippen LogP contribution in [0.4, 0.5) is 0 Å². The SMILES string of the molecule is Cc1cc(C#N)ccc1S(=O)(=O)N1CCOC(CN)C1.Cl. The van der Waals surface area contributed by atoms with Gasteiger partial charge in [0, 0.05) is 19.6 Å². The first kappa shape index (κ1) is 17.9. The molecule has 1 atom stereocenters. The Hall–Kier alpha value is -1.17. The van der Waals surface area contributed by atoms with E-state index in [9.17, 15) is 8.42 Å². The standard InChI is InChI=1S/C13H17N3O3S.ClH/c1-10-6-11(7-14)2-3-13(10)20(17,18)16-4-5-19-12(8-15)9-16;/h2-3,6,12H,4-5,8-9,15H2,1H3;1H. The Bertz CT molecular complexity index is 643. The first-order valence-electron chi connectivity index (χ1n) is 6.31. The molecule has 8 heteroatoms.